The number of aromatic nitrogens is 2. The number of fused-ring (bicyclic) bond motifs is 1. The van der Waals surface area contributed by atoms with Gasteiger partial charge in [0.05, 0.1) is 5.69 Å². The normalized spacial score (nSPS) is 15.1. The minimum Gasteiger partial charge on any atom is -0.309 e. The molecule has 1 aromatic rings. The van der Waals surface area contributed by atoms with Crippen LogP contribution in [0.5, 0.6) is 0 Å². The third-order valence-corrected chi connectivity index (χ3v) is 2.75. The molecule has 4 heteroatoms. The van der Waals surface area contributed by atoms with Crippen LogP contribution in [0.1, 0.15) is 17.0 Å². The molecule has 1 aliphatic heterocycles. The lowest BCUT2D eigenvalue weighted by Gasteiger charge is -2.10. The summed E-state index contributed by atoms with van der Waals surface area (Å²) in [4.78, 5) is 2.21. The van der Waals surface area contributed by atoms with E-state index in [9.17, 15) is 0 Å². The van der Waals surface area contributed by atoms with Gasteiger partial charge >= 0.3 is 0 Å². The van der Waals surface area contributed by atoms with Crippen LogP contribution in [0.3, 0.4) is 0 Å². The van der Waals surface area contributed by atoms with Crippen LogP contribution in [-0.2, 0) is 26.6 Å². The molecule has 1 N–H and O–H groups in total. The highest BCUT2D eigenvalue weighted by Crippen LogP contribution is 2.18. The number of nitrogens with one attached hydrogen (secondary N) is 1. The first kappa shape index (κ1) is 9.68. The van der Waals surface area contributed by atoms with Crippen molar-refractivity contribution in [2.75, 3.05) is 20.6 Å². The molecule has 78 valence electrons. The van der Waals surface area contributed by atoms with Gasteiger partial charge in [0.15, 0.2) is 0 Å². The Morgan fingerprint density at radius 2 is 2.21 bits per heavy atom. The summed E-state index contributed by atoms with van der Waals surface area (Å²) in [7, 11) is 6.26. The topological polar surface area (TPSA) is 33.1 Å². The zero-order valence-electron chi connectivity index (χ0n) is 9.17. The average molecular weight is 194 g/mol. The van der Waals surface area contributed by atoms with Crippen molar-refractivity contribution in [2.24, 2.45) is 7.05 Å². The quantitative estimate of drug-likeness (QED) is 0.742. The molecule has 2 rings (SSSR count). The van der Waals surface area contributed by atoms with Gasteiger partial charge in [-0.15, -0.1) is 0 Å². The Balaban J connectivity index is 2.16. The van der Waals surface area contributed by atoms with E-state index >= 15 is 0 Å². The fourth-order valence-corrected chi connectivity index (χ4v) is 1.96. The SMILES string of the molecule is CN(C)CCc1c2c(nn1C)CNC2. The van der Waals surface area contributed by atoms with Crippen LogP contribution in [0.25, 0.3) is 0 Å². The molecule has 4 nitrogen and oxygen atoms in total. The second-order valence-corrected chi connectivity index (χ2v) is 4.15. The van der Waals surface area contributed by atoms with Crippen molar-refractivity contribution >= 4 is 0 Å². The van der Waals surface area contributed by atoms with Gasteiger partial charge in [0.1, 0.15) is 0 Å². The van der Waals surface area contributed by atoms with Crippen molar-refractivity contribution in [3.05, 3.63) is 17.0 Å². The molecular formula is C10H18N4. The highest BCUT2D eigenvalue weighted by molar-refractivity contribution is 5.29. The monoisotopic (exact) mass is 194 g/mol. The Kier molecular flexibility index (Phi) is 2.56. The van der Waals surface area contributed by atoms with E-state index < -0.39 is 0 Å². The summed E-state index contributed by atoms with van der Waals surface area (Å²) in [6, 6.07) is 0. The molecule has 0 saturated carbocycles. The molecule has 0 amide bonds. The standard InChI is InChI=1S/C10H18N4/c1-13(2)5-4-10-8-6-11-7-9(8)12-14(10)3/h11H,4-7H2,1-3H3. The summed E-state index contributed by atoms with van der Waals surface area (Å²) < 4.78 is 2.04. The second-order valence-electron chi connectivity index (χ2n) is 4.15. The molecule has 0 aromatic carbocycles. The zero-order chi connectivity index (χ0) is 10.1. The van der Waals surface area contributed by atoms with Crippen molar-refractivity contribution < 1.29 is 0 Å². The van der Waals surface area contributed by atoms with Crippen molar-refractivity contribution in [3.63, 3.8) is 0 Å². The second kappa shape index (κ2) is 3.71. The number of likely N-dealkylation sites (N-methyl/N-ethyl adjacent to an activating group) is 1. The largest absolute Gasteiger partial charge is 0.309 e. The Hall–Kier alpha value is -0.870. The van der Waals surface area contributed by atoms with Crippen molar-refractivity contribution in [1.82, 2.24) is 20.0 Å². The van der Waals surface area contributed by atoms with E-state index in [0.717, 1.165) is 26.1 Å². The van der Waals surface area contributed by atoms with Crippen LogP contribution in [-0.4, -0.2) is 35.3 Å². The molecule has 1 aliphatic rings. The maximum atomic E-state index is 4.50. The van der Waals surface area contributed by atoms with Gasteiger partial charge < -0.3 is 10.2 Å². The van der Waals surface area contributed by atoms with Crippen molar-refractivity contribution in [2.45, 2.75) is 19.5 Å². The number of hydrogen-bond donors (Lipinski definition) is 1. The summed E-state index contributed by atoms with van der Waals surface area (Å²) in [5.74, 6) is 0. The molecule has 0 radical (unpaired) electrons. The van der Waals surface area contributed by atoms with E-state index in [2.05, 4.69) is 29.4 Å². The minimum absolute atomic E-state index is 0.936. The molecule has 1 aromatic heterocycles. The van der Waals surface area contributed by atoms with Gasteiger partial charge in [0.25, 0.3) is 0 Å². The van der Waals surface area contributed by atoms with Gasteiger partial charge in [0, 0.05) is 44.4 Å². The van der Waals surface area contributed by atoms with E-state index in [1.807, 2.05) is 11.7 Å². The highest BCUT2D eigenvalue weighted by Gasteiger charge is 2.19. The molecule has 0 unspecified atom stereocenters. The van der Waals surface area contributed by atoms with Crippen LogP contribution >= 0.6 is 0 Å². The lowest BCUT2D eigenvalue weighted by atomic mass is 10.1. The van der Waals surface area contributed by atoms with Gasteiger partial charge in [-0.05, 0) is 14.1 Å². The van der Waals surface area contributed by atoms with Crippen LogP contribution in [0.2, 0.25) is 0 Å². The van der Waals surface area contributed by atoms with E-state index in [1.54, 1.807) is 0 Å². The lowest BCUT2D eigenvalue weighted by Crippen LogP contribution is -2.18. The summed E-state index contributed by atoms with van der Waals surface area (Å²) >= 11 is 0. The fourth-order valence-electron chi connectivity index (χ4n) is 1.96. The number of rotatable bonds is 3. The van der Waals surface area contributed by atoms with Crippen molar-refractivity contribution in [1.29, 1.82) is 0 Å². The number of aryl methyl sites for hydroxylation is 1. The Morgan fingerprint density at radius 1 is 1.43 bits per heavy atom. The summed E-state index contributed by atoms with van der Waals surface area (Å²) in [6.45, 7) is 3.02. The molecule has 0 saturated heterocycles. The molecule has 0 fully saturated rings. The molecule has 0 atom stereocenters. The predicted molar refractivity (Wildman–Crippen MR) is 56.0 cm³/mol. The maximum absolute atomic E-state index is 4.50. The molecular weight excluding hydrogens is 176 g/mol. The van der Waals surface area contributed by atoms with Crippen LogP contribution < -0.4 is 5.32 Å². The number of hydrogen-bond acceptors (Lipinski definition) is 3. The van der Waals surface area contributed by atoms with E-state index in [-0.39, 0.29) is 0 Å². The average Bonchev–Trinajstić information content (AvgIpc) is 2.61. The third-order valence-electron chi connectivity index (χ3n) is 2.75. The zero-order valence-corrected chi connectivity index (χ0v) is 9.17. The fraction of sp³-hybridized carbons (Fsp3) is 0.700. The first-order chi connectivity index (χ1) is 6.68. The number of nitrogens with zero attached hydrogens (tertiary/aromatic N) is 3. The summed E-state index contributed by atoms with van der Waals surface area (Å²) in [5, 5.41) is 7.84. The Labute approximate surface area is 84.9 Å². The van der Waals surface area contributed by atoms with E-state index in [0.29, 0.717) is 0 Å². The molecule has 2 heterocycles. The first-order valence-electron chi connectivity index (χ1n) is 5.07. The van der Waals surface area contributed by atoms with Crippen LogP contribution in [0.15, 0.2) is 0 Å². The predicted octanol–water partition coefficient (Wildman–Crippen LogP) is 0.127. The van der Waals surface area contributed by atoms with Gasteiger partial charge in [-0.2, -0.15) is 5.10 Å². The van der Waals surface area contributed by atoms with Gasteiger partial charge in [0.2, 0.25) is 0 Å². The minimum atomic E-state index is 0.936. The molecule has 0 bridgehead atoms. The Morgan fingerprint density at radius 3 is 2.93 bits per heavy atom. The molecule has 0 spiro atoms. The molecule has 0 aliphatic carbocycles. The van der Waals surface area contributed by atoms with E-state index in [1.165, 1.54) is 17.0 Å². The Bertz CT molecular complexity index is 327. The van der Waals surface area contributed by atoms with Crippen LogP contribution in [0, 0.1) is 0 Å². The summed E-state index contributed by atoms with van der Waals surface area (Å²) in [5.41, 5.74) is 4.05. The molecule has 14 heavy (non-hydrogen) atoms. The first-order valence-corrected chi connectivity index (χ1v) is 5.07. The summed E-state index contributed by atoms with van der Waals surface area (Å²) in [6.07, 6.45) is 1.09. The van der Waals surface area contributed by atoms with Gasteiger partial charge in [-0.1, -0.05) is 0 Å². The van der Waals surface area contributed by atoms with E-state index in [4.69, 9.17) is 0 Å². The lowest BCUT2D eigenvalue weighted by molar-refractivity contribution is 0.407. The van der Waals surface area contributed by atoms with Gasteiger partial charge in [-0.3, -0.25) is 4.68 Å². The van der Waals surface area contributed by atoms with Crippen LogP contribution in [0.4, 0.5) is 0 Å². The third kappa shape index (κ3) is 1.67. The smallest absolute Gasteiger partial charge is 0.0810 e. The van der Waals surface area contributed by atoms with Gasteiger partial charge in [-0.25, -0.2) is 0 Å². The van der Waals surface area contributed by atoms with Crippen molar-refractivity contribution in [3.8, 4) is 0 Å². The maximum Gasteiger partial charge on any atom is 0.0810 e. The highest BCUT2D eigenvalue weighted by atomic mass is 15.3.